The Morgan fingerprint density at radius 1 is 1.44 bits per heavy atom. The lowest BCUT2D eigenvalue weighted by Crippen LogP contribution is -2.29. The molecule has 1 heterocycles. The van der Waals surface area contributed by atoms with Gasteiger partial charge in [-0.2, -0.15) is 0 Å². The van der Waals surface area contributed by atoms with Crippen LogP contribution in [0.25, 0.3) is 0 Å². The molecule has 5 nitrogen and oxygen atoms in total. The summed E-state index contributed by atoms with van der Waals surface area (Å²) >= 11 is 3.24. The second-order valence-electron chi connectivity index (χ2n) is 5.08. The minimum Gasteiger partial charge on any atom is -0.348 e. The van der Waals surface area contributed by atoms with E-state index in [1.165, 1.54) is 12.8 Å². The molecule has 1 aromatic heterocycles. The van der Waals surface area contributed by atoms with Crippen molar-refractivity contribution in [3.8, 4) is 0 Å². The van der Waals surface area contributed by atoms with Gasteiger partial charge < -0.3 is 4.90 Å². The molecule has 0 N–H and O–H groups in total. The molecule has 2 fully saturated rings. The normalized spacial score (nSPS) is 18.7. The Kier molecular flexibility index (Phi) is 2.97. The summed E-state index contributed by atoms with van der Waals surface area (Å²) in [6.45, 7) is 0.917. The Hall–Kier alpha value is -1.17. The maximum absolute atomic E-state index is 11.1. The molecule has 0 radical (unpaired) electrons. The summed E-state index contributed by atoms with van der Waals surface area (Å²) in [5.74, 6) is 1.24. The Balaban J connectivity index is 1.93. The van der Waals surface area contributed by atoms with E-state index < -0.39 is 0 Å². The van der Waals surface area contributed by atoms with Crippen molar-refractivity contribution in [3.63, 3.8) is 0 Å². The molecule has 1 aromatic rings. The molecule has 6 heteroatoms. The van der Waals surface area contributed by atoms with E-state index in [0.717, 1.165) is 19.4 Å². The molecule has 0 unspecified atom stereocenters. The predicted octanol–water partition coefficient (Wildman–Crippen LogP) is 3.13. The van der Waals surface area contributed by atoms with Crippen molar-refractivity contribution in [1.29, 1.82) is 0 Å². The fourth-order valence-electron chi connectivity index (χ4n) is 2.15. The fraction of sp³-hybridized carbons (Fsp3) is 0.583. The molecule has 0 bridgehead atoms. The smallest absolute Gasteiger partial charge is 0.312 e. The SMILES string of the molecule is O=[N+]([O-])c1cc(Br)cnc1N(CC1CC1)C1CC1. The first-order chi connectivity index (χ1) is 8.65. The van der Waals surface area contributed by atoms with Gasteiger partial charge in [0.25, 0.3) is 0 Å². The van der Waals surface area contributed by atoms with Crippen LogP contribution in [-0.4, -0.2) is 22.5 Å². The van der Waals surface area contributed by atoms with Crippen LogP contribution in [-0.2, 0) is 0 Å². The summed E-state index contributed by atoms with van der Waals surface area (Å²) in [4.78, 5) is 17.2. The highest BCUT2D eigenvalue weighted by molar-refractivity contribution is 9.10. The van der Waals surface area contributed by atoms with Gasteiger partial charge in [0, 0.05) is 29.3 Å². The summed E-state index contributed by atoms with van der Waals surface area (Å²) < 4.78 is 0.653. The zero-order valence-electron chi connectivity index (χ0n) is 9.88. The molecule has 96 valence electrons. The molecule has 0 atom stereocenters. The monoisotopic (exact) mass is 311 g/mol. The van der Waals surface area contributed by atoms with Gasteiger partial charge in [-0.1, -0.05) is 0 Å². The lowest BCUT2D eigenvalue weighted by atomic mass is 10.3. The maximum Gasteiger partial charge on any atom is 0.312 e. The topological polar surface area (TPSA) is 59.3 Å². The van der Waals surface area contributed by atoms with Gasteiger partial charge in [-0.25, -0.2) is 4.98 Å². The highest BCUT2D eigenvalue weighted by Crippen LogP contribution is 2.40. The number of halogens is 1. The van der Waals surface area contributed by atoms with Gasteiger partial charge in [0.2, 0.25) is 5.82 Å². The van der Waals surface area contributed by atoms with Crippen molar-refractivity contribution in [2.75, 3.05) is 11.4 Å². The minimum absolute atomic E-state index is 0.108. The highest BCUT2D eigenvalue weighted by atomic mass is 79.9. The molecule has 0 spiro atoms. The maximum atomic E-state index is 11.1. The molecule has 18 heavy (non-hydrogen) atoms. The zero-order valence-corrected chi connectivity index (χ0v) is 11.5. The van der Waals surface area contributed by atoms with Crippen LogP contribution in [0, 0.1) is 16.0 Å². The average Bonchev–Trinajstić information content (AvgIpc) is 3.19. The molecule has 3 rings (SSSR count). The molecule has 2 saturated carbocycles. The number of pyridine rings is 1. The summed E-state index contributed by atoms with van der Waals surface area (Å²) in [6, 6.07) is 2.00. The summed E-state index contributed by atoms with van der Waals surface area (Å²) in [5.41, 5.74) is 0.108. The molecule has 0 aromatic carbocycles. The molecular weight excluding hydrogens is 298 g/mol. The van der Waals surface area contributed by atoms with Gasteiger partial charge in [0.15, 0.2) is 0 Å². The third kappa shape index (κ3) is 2.48. The third-order valence-corrected chi connectivity index (χ3v) is 3.86. The number of hydrogen-bond acceptors (Lipinski definition) is 4. The number of hydrogen-bond donors (Lipinski definition) is 0. The Bertz CT molecular complexity index is 486. The van der Waals surface area contributed by atoms with Gasteiger partial charge in [-0.3, -0.25) is 10.1 Å². The zero-order chi connectivity index (χ0) is 12.7. The van der Waals surface area contributed by atoms with Crippen molar-refractivity contribution < 1.29 is 4.92 Å². The number of nitro groups is 1. The Morgan fingerprint density at radius 2 is 2.17 bits per heavy atom. The van der Waals surface area contributed by atoms with Crippen LogP contribution in [0.2, 0.25) is 0 Å². The molecule has 0 saturated heterocycles. The van der Waals surface area contributed by atoms with Crippen LogP contribution in [0.3, 0.4) is 0 Å². The first-order valence-electron chi connectivity index (χ1n) is 6.21. The Morgan fingerprint density at radius 3 is 2.72 bits per heavy atom. The Labute approximate surface area is 113 Å². The van der Waals surface area contributed by atoms with Crippen LogP contribution >= 0.6 is 15.9 Å². The molecule has 0 amide bonds. The summed E-state index contributed by atoms with van der Waals surface area (Å²) in [6.07, 6.45) is 6.38. The van der Waals surface area contributed by atoms with Gasteiger partial charge in [-0.05, 0) is 47.5 Å². The number of nitrogens with zero attached hydrogens (tertiary/aromatic N) is 3. The van der Waals surface area contributed by atoms with Crippen LogP contribution in [0.1, 0.15) is 25.7 Å². The van der Waals surface area contributed by atoms with E-state index in [4.69, 9.17) is 0 Å². The first-order valence-corrected chi connectivity index (χ1v) is 7.01. The number of aromatic nitrogens is 1. The molecule has 2 aliphatic rings. The largest absolute Gasteiger partial charge is 0.348 e. The highest BCUT2D eigenvalue weighted by Gasteiger charge is 2.37. The van der Waals surface area contributed by atoms with Crippen LogP contribution in [0.4, 0.5) is 11.5 Å². The quantitative estimate of drug-likeness (QED) is 0.619. The van der Waals surface area contributed by atoms with Crippen molar-refractivity contribution in [2.45, 2.75) is 31.7 Å². The molecule has 0 aliphatic heterocycles. The molecule has 2 aliphatic carbocycles. The van der Waals surface area contributed by atoms with E-state index >= 15 is 0 Å². The summed E-state index contributed by atoms with van der Waals surface area (Å²) in [7, 11) is 0. The van der Waals surface area contributed by atoms with E-state index in [0.29, 0.717) is 22.3 Å². The van der Waals surface area contributed by atoms with E-state index in [2.05, 4.69) is 25.8 Å². The summed E-state index contributed by atoms with van der Waals surface area (Å²) in [5, 5.41) is 11.1. The fourth-order valence-corrected chi connectivity index (χ4v) is 2.47. The first kappa shape index (κ1) is 11.9. The van der Waals surface area contributed by atoms with Gasteiger partial charge in [0.05, 0.1) is 4.92 Å². The predicted molar refractivity (Wildman–Crippen MR) is 71.7 cm³/mol. The van der Waals surface area contributed by atoms with Crippen LogP contribution in [0.15, 0.2) is 16.7 Å². The van der Waals surface area contributed by atoms with Crippen molar-refractivity contribution in [3.05, 3.63) is 26.9 Å². The lowest BCUT2D eigenvalue weighted by Gasteiger charge is -2.23. The number of anilines is 1. The van der Waals surface area contributed by atoms with Crippen molar-refractivity contribution in [2.24, 2.45) is 5.92 Å². The lowest BCUT2D eigenvalue weighted by molar-refractivity contribution is -0.384. The van der Waals surface area contributed by atoms with Gasteiger partial charge in [0.1, 0.15) is 0 Å². The van der Waals surface area contributed by atoms with E-state index in [-0.39, 0.29) is 10.6 Å². The molecular formula is C12H14BrN3O2. The van der Waals surface area contributed by atoms with E-state index in [1.807, 2.05) is 0 Å². The van der Waals surface area contributed by atoms with Gasteiger partial charge >= 0.3 is 5.69 Å². The van der Waals surface area contributed by atoms with Crippen LogP contribution < -0.4 is 4.90 Å². The van der Waals surface area contributed by atoms with Crippen molar-refractivity contribution >= 4 is 27.4 Å². The second-order valence-corrected chi connectivity index (χ2v) is 6.00. The second kappa shape index (κ2) is 4.50. The van der Waals surface area contributed by atoms with Gasteiger partial charge in [-0.15, -0.1) is 0 Å². The third-order valence-electron chi connectivity index (χ3n) is 3.42. The minimum atomic E-state index is -0.338. The van der Waals surface area contributed by atoms with E-state index in [1.54, 1.807) is 12.3 Å². The average molecular weight is 312 g/mol. The van der Waals surface area contributed by atoms with E-state index in [9.17, 15) is 10.1 Å². The van der Waals surface area contributed by atoms with Crippen LogP contribution in [0.5, 0.6) is 0 Å². The standard InChI is InChI=1S/C12H14BrN3O2/c13-9-5-11(16(17)18)12(14-6-9)15(10-3-4-10)7-8-1-2-8/h5-6,8,10H,1-4,7H2. The number of rotatable bonds is 5. The van der Waals surface area contributed by atoms with Crippen molar-refractivity contribution in [1.82, 2.24) is 4.98 Å².